The summed E-state index contributed by atoms with van der Waals surface area (Å²) in [5, 5.41) is 2.57. The monoisotopic (exact) mass is 227 g/mol. The van der Waals surface area contributed by atoms with Crippen molar-refractivity contribution >= 4 is 27.3 Å². The molecule has 0 heterocycles. The zero-order valence-corrected chi connectivity index (χ0v) is 9.12. The Labute approximate surface area is 83.6 Å². The molecule has 0 rings (SSSR count). The van der Waals surface area contributed by atoms with Crippen molar-refractivity contribution in [3.05, 3.63) is 0 Å². The van der Waals surface area contributed by atoms with Gasteiger partial charge in [-0.05, 0) is 6.42 Å². The van der Waals surface area contributed by atoms with Crippen LogP contribution in [0, 0.1) is 0 Å². The smallest absolute Gasteiger partial charge is 0.221 e. The second-order valence-corrected chi connectivity index (χ2v) is 5.41. The van der Waals surface area contributed by atoms with E-state index in [9.17, 15) is 13.2 Å². The van der Waals surface area contributed by atoms with Crippen LogP contribution in [0.2, 0.25) is 0 Å². The van der Waals surface area contributed by atoms with Crippen LogP contribution >= 0.6 is 11.6 Å². The topological polar surface area (TPSA) is 63.2 Å². The van der Waals surface area contributed by atoms with E-state index >= 15 is 0 Å². The van der Waals surface area contributed by atoms with Crippen molar-refractivity contribution in [1.29, 1.82) is 0 Å². The molecule has 0 saturated heterocycles. The standard InChI is InChI=1S/C7H14ClNO3S/c1-13(11,12)6-2-5-9-7(10)3-4-8/h2-6H2,1H3,(H,9,10). The molecule has 0 aliphatic carbocycles. The van der Waals surface area contributed by atoms with Crippen molar-refractivity contribution < 1.29 is 13.2 Å². The summed E-state index contributed by atoms with van der Waals surface area (Å²) in [6, 6.07) is 0. The number of hydrogen-bond acceptors (Lipinski definition) is 3. The minimum absolute atomic E-state index is 0.105. The number of alkyl halides is 1. The number of rotatable bonds is 6. The maximum absolute atomic E-state index is 10.8. The molecule has 78 valence electrons. The van der Waals surface area contributed by atoms with E-state index in [1.54, 1.807) is 0 Å². The molecule has 0 saturated carbocycles. The molecule has 0 spiro atoms. The second kappa shape index (κ2) is 6.21. The Morgan fingerprint density at radius 2 is 2.08 bits per heavy atom. The lowest BCUT2D eigenvalue weighted by Crippen LogP contribution is -2.25. The van der Waals surface area contributed by atoms with Gasteiger partial charge in [-0.1, -0.05) is 0 Å². The quantitative estimate of drug-likeness (QED) is 0.520. The zero-order valence-electron chi connectivity index (χ0n) is 7.55. The Morgan fingerprint density at radius 3 is 2.54 bits per heavy atom. The minimum Gasteiger partial charge on any atom is -0.356 e. The lowest BCUT2D eigenvalue weighted by atomic mass is 10.4. The number of hydrogen-bond donors (Lipinski definition) is 1. The molecule has 0 aromatic carbocycles. The van der Waals surface area contributed by atoms with Crippen LogP contribution in [0.1, 0.15) is 12.8 Å². The third-order valence-electron chi connectivity index (χ3n) is 1.34. The van der Waals surface area contributed by atoms with Crippen LogP contribution in [-0.4, -0.2) is 38.8 Å². The second-order valence-electron chi connectivity index (χ2n) is 2.77. The average Bonchev–Trinajstić information content (AvgIpc) is 1.97. The lowest BCUT2D eigenvalue weighted by molar-refractivity contribution is -0.120. The highest BCUT2D eigenvalue weighted by atomic mass is 35.5. The molecule has 0 aromatic rings. The van der Waals surface area contributed by atoms with E-state index in [4.69, 9.17) is 11.6 Å². The molecule has 0 aliphatic heterocycles. The Hall–Kier alpha value is -0.290. The number of nitrogens with one attached hydrogen (secondary N) is 1. The van der Waals surface area contributed by atoms with Crippen LogP contribution in [0.4, 0.5) is 0 Å². The van der Waals surface area contributed by atoms with E-state index in [2.05, 4.69) is 5.32 Å². The molecule has 13 heavy (non-hydrogen) atoms. The third-order valence-corrected chi connectivity index (χ3v) is 2.55. The van der Waals surface area contributed by atoms with Gasteiger partial charge in [0, 0.05) is 25.1 Å². The lowest BCUT2D eigenvalue weighted by Gasteiger charge is -2.02. The molecule has 4 nitrogen and oxygen atoms in total. The highest BCUT2D eigenvalue weighted by Gasteiger charge is 2.02. The largest absolute Gasteiger partial charge is 0.356 e. The fraction of sp³-hybridized carbons (Fsp3) is 0.857. The predicted molar refractivity (Wildman–Crippen MR) is 52.7 cm³/mol. The number of carbonyl (C=O) groups excluding carboxylic acids is 1. The van der Waals surface area contributed by atoms with Crippen LogP contribution in [0.25, 0.3) is 0 Å². The summed E-state index contributed by atoms with van der Waals surface area (Å²) in [7, 11) is -2.91. The minimum atomic E-state index is -2.91. The Morgan fingerprint density at radius 1 is 1.46 bits per heavy atom. The molecule has 6 heteroatoms. The van der Waals surface area contributed by atoms with E-state index in [0.717, 1.165) is 0 Å². The summed E-state index contributed by atoms with van der Waals surface area (Å²) in [6.07, 6.45) is 1.90. The molecule has 0 aliphatic rings. The molecular formula is C7H14ClNO3S. The summed E-state index contributed by atoms with van der Waals surface area (Å²) < 4.78 is 21.3. The van der Waals surface area contributed by atoms with Crippen molar-refractivity contribution in [2.75, 3.05) is 24.4 Å². The van der Waals surface area contributed by atoms with Gasteiger partial charge in [0.15, 0.2) is 0 Å². The van der Waals surface area contributed by atoms with Gasteiger partial charge in [0.25, 0.3) is 0 Å². The summed E-state index contributed by atoms with van der Waals surface area (Å²) in [5.41, 5.74) is 0. The number of carbonyl (C=O) groups is 1. The van der Waals surface area contributed by atoms with Crippen molar-refractivity contribution in [2.45, 2.75) is 12.8 Å². The van der Waals surface area contributed by atoms with Gasteiger partial charge in [-0.2, -0.15) is 0 Å². The molecule has 1 N–H and O–H groups in total. The maximum Gasteiger partial charge on any atom is 0.221 e. The first-order chi connectivity index (χ1) is 5.95. The van der Waals surface area contributed by atoms with Gasteiger partial charge in [0.1, 0.15) is 9.84 Å². The maximum atomic E-state index is 10.8. The van der Waals surface area contributed by atoms with Crippen molar-refractivity contribution in [1.82, 2.24) is 5.32 Å². The van der Waals surface area contributed by atoms with Gasteiger partial charge >= 0.3 is 0 Å². The number of amides is 1. The van der Waals surface area contributed by atoms with Crippen LogP contribution < -0.4 is 5.32 Å². The van der Waals surface area contributed by atoms with Gasteiger partial charge in [0.05, 0.1) is 5.75 Å². The zero-order chi connectivity index (χ0) is 10.3. The first-order valence-corrected chi connectivity index (χ1v) is 6.55. The van der Waals surface area contributed by atoms with Crippen molar-refractivity contribution in [2.24, 2.45) is 0 Å². The van der Waals surface area contributed by atoms with E-state index in [1.807, 2.05) is 0 Å². The first-order valence-electron chi connectivity index (χ1n) is 3.96. The number of sulfone groups is 1. The fourth-order valence-electron chi connectivity index (χ4n) is 0.736. The van der Waals surface area contributed by atoms with Crippen molar-refractivity contribution in [3.63, 3.8) is 0 Å². The summed E-state index contributed by atoms with van der Waals surface area (Å²) in [4.78, 5) is 10.8. The molecule has 0 atom stereocenters. The summed E-state index contributed by atoms with van der Waals surface area (Å²) >= 11 is 5.33. The van der Waals surface area contributed by atoms with Crippen LogP contribution in [0.15, 0.2) is 0 Å². The van der Waals surface area contributed by atoms with Crippen LogP contribution in [-0.2, 0) is 14.6 Å². The molecule has 1 amide bonds. The average molecular weight is 228 g/mol. The normalized spacial score (nSPS) is 11.2. The SMILES string of the molecule is CS(=O)(=O)CCCNC(=O)CCCl. The number of halogens is 1. The molecule has 0 radical (unpaired) electrons. The Bertz CT molecular complexity index is 250. The third kappa shape index (κ3) is 9.63. The fourth-order valence-corrected chi connectivity index (χ4v) is 1.58. The predicted octanol–water partition coefficient (Wildman–Crippen LogP) is 0.166. The molecular weight excluding hydrogens is 214 g/mol. The van der Waals surface area contributed by atoms with Crippen LogP contribution in [0.5, 0.6) is 0 Å². The Balaban J connectivity index is 3.41. The van der Waals surface area contributed by atoms with Gasteiger partial charge in [-0.15, -0.1) is 11.6 Å². The molecule has 0 aromatic heterocycles. The van der Waals surface area contributed by atoms with Gasteiger partial charge in [0.2, 0.25) is 5.91 Å². The van der Waals surface area contributed by atoms with Gasteiger partial charge < -0.3 is 5.32 Å². The van der Waals surface area contributed by atoms with Gasteiger partial charge in [-0.25, -0.2) is 8.42 Å². The van der Waals surface area contributed by atoms with Crippen LogP contribution in [0.3, 0.4) is 0 Å². The highest BCUT2D eigenvalue weighted by molar-refractivity contribution is 7.90. The first kappa shape index (κ1) is 12.7. The molecule has 0 unspecified atom stereocenters. The molecule has 0 fully saturated rings. The molecule has 0 bridgehead atoms. The van der Waals surface area contributed by atoms with E-state index < -0.39 is 9.84 Å². The summed E-state index contributed by atoms with van der Waals surface area (Å²) in [5.74, 6) is 0.259. The van der Waals surface area contributed by atoms with E-state index in [1.165, 1.54) is 6.26 Å². The van der Waals surface area contributed by atoms with Gasteiger partial charge in [-0.3, -0.25) is 4.79 Å². The summed E-state index contributed by atoms with van der Waals surface area (Å²) in [6.45, 7) is 0.392. The Kier molecular flexibility index (Phi) is 6.07. The van der Waals surface area contributed by atoms with E-state index in [0.29, 0.717) is 13.0 Å². The van der Waals surface area contributed by atoms with Crippen molar-refractivity contribution in [3.8, 4) is 0 Å². The van der Waals surface area contributed by atoms with E-state index in [-0.39, 0.29) is 24.0 Å². The highest BCUT2D eigenvalue weighted by Crippen LogP contribution is 1.88.